The predicted molar refractivity (Wildman–Crippen MR) is 115 cm³/mol. The first-order chi connectivity index (χ1) is 14.6. The van der Waals surface area contributed by atoms with Crippen LogP contribution in [-0.4, -0.2) is 23.3 Å². The van der Waals surface area contributed by atoms with Crippen LogP contribution in [0.15, 0.2) is 71.3 Å². The molecule has 1 aliphatic rings. The quantitative estimate of drug-likeness (QED) is 0.673. The Bertz CT molecular complexity index is 1010. The van der Waals surface area contributed by atoms with Crippen molar-refractivity contribution in [3.63, 3.8) is 0 Å². The summed E-state index contributed by atoms with van der Waals surface area (Å²) in [4.78, 5) is 27.3. The topological polar surface area (TPSA) is 62.6 Å². The van der Waals surface area contributed by atoms with Gasteiger partial charge in [0.15, 0.2) is 0 Å². The molecule has 1 aromatic heterocycles. The van der Waals surface area contributed by atoms with Crippen molar-refractivity contribution in [1.82, 2.24) is 10.2 Å². The Balaban J connectivity index is 1.47. The number of amides is 2. The lowest BCUT2D eigenvalue weighted by Gasteiger charge is -2.38. The average Bonchev–Trinajstić information content (AvgIpc) is 3.29. The zero-order chi connectivity index (χ0) is 20.9. The molecule has 2 amide bonds. The zero-order valence-corrected chi connectivity index (χ0v) is 17.1. The summed E-state index contributed by atoms with van der Waals surface area (Å²) < 4.78 is 5.22. The highest BCUT2D eigenvalue weighted by atomic mass is 16.3. The summed E-state index contributed by atoms with van der Waals surface area (Å²) in [5.74, 6) is 0.551. The number of hydrogen-bond donors (Lipinski definition) is 1. The van der Waals surface area contributed by atoms with Crippen molar-refractivity contribution < 1.29 is 14.0 Å². The van der Waals surface area contributed by atoms with Crippen molar-refractivity contribution in [2.24, 2.45) is 0 Å². The second-order valence-electron chi connectivity index (χ2n) is 7.71. The van der Waals surface area contributed by atoms with Gasteiger partial charge in [-0.2, -0.15) is 0 Å². The Hall–Kier alpha value is -3.34. The predicted octanol–water partition coefficient (Wildman–Crippen LogP) is 4.16. The summed E-state index contributed by atoms with van der Waals surface area (Å²) in [5.41, 5.74) is 4.75. The van der Waals surface area contributed by atoms with Crippen LogP contribution in [0.5, 0.6) is 0 Å². The number of nitrogens with zero attached hydrogens (tertiary/aromatic N) is 1. The lowest BCUT2D eigenvalue weighted by molar-refractivity contribution is -0.135. The van der Waals surface area contributed by atoms with Crippen molar-refractivity contribution in [2.75, 3.05) is 6.54 Å². The first kappa shape index (κ1) is 20.0. The van der Waals surface area contributed by atoms with E-state index in [2.05, 4.69) is 42.6 Å². The van der Waals surface area contributed by atoms with Crippen molar-refractivity contribution >= 4 is 11.8 Å². The van der Waals surface area contributed by atoms with Gasteiger partial charge in [0.25, 0.3) is 0 Å². The van der Waals surface area contributed by atoms with Crippen LogP contribution in [0.2, 0.25) is 0 Å². The maximum Gasteiger partial charge on any atom is 0.223 e. The van der Waals surface area contributed by atoms with Crippen molar-refractivity contribution in [3.8, 4) is 0 Å². The highest BCUT2D eigenvalue weighted by molar-refractivity contribution is 5.84. The normalized spacial score (nSPS) is 15.5. The molecule has 0 aliphatic carbocycles. The molecule has 1 N–H and O–H groups in total. The third-order valence-corrected chi connectivity index (χ3v) is 5.57. The molecular formula is C25H26N2O3. The maximum atomic E-state index is 13.1. The number of fused-ring (bicyclic) bond motifs is 1. The van der Waals surface area contributed by atoms with Crippen LogP contribution in [0, 0.1) is 6.92 Å². The Morgan fingerprint density at radius 3 is 2.67 bits per heavy atom. The minimum atomic E-state index is -0.149. The van der Waals surface area contributed by atoms with E-state index in [0.717, 1.165) is 12.0 Å². The molecule has 3 aromatic rings. The molecule has 1 unspecified atom stereocenters. The lowest BCUT2D eigenvalue weighted by Crippen LogP contribution is -2.41. The Kier molecular flexibility index (Phi) is 5.98. The van der Waals surface area contributed by atoms with E-state index in [1.54, 1.807) is 12.3 Å². The van der Waals surface area contributed by atoms with Gasteiger partial charge in [-0.1, -0.05) is 54.1 Å². The number of carbonyl (C=O) groups is 2. The first-order valence-corrected chi connectivity index (χ1v) is 10.3. The van der Waals surface area contributed by atoms with E-state index in [4.69, 9.17) is 4.42 Å². The number of hydrogen-bond acceptors (Lipinski definition) is 3. The molecule has 0 radical (unpaired) electrons. The first-order valence-electron chi connectivity index (χ1n) is 10.3. The van der Waals surface area contributed by atoms with E-state index in [1.807, 2.05) is 29.2 Å². The number of furan rings is 1. The second-order valence-corrected chi connectivity index (χ2v) is 7.71. The van der Waals surface area contributed by atoms with Crippen molar-refractivity contribution in [1.29, 1.82) is 0 Å². The summed E-state index contributed by atoms with van der Waals surface area (Å²) in [6.07, 6.45) is 2.76. The van der Waals surface area contributed by atoms with E-state index in [9.17, 15) is 9.59 Å². The smallest absolute Gasteiger partial charge is 0.223 e. The van der Waals surface area contributed by atoms with Gasteiger partial charge in [0.05, 0.1) is 18.8 Å². The van der Waals surface area contributed by atoms with Crippen LogP contribution >= 0.6 is 0 Å². The standard InChI is InChI=1S/C25H26N2O3/c1-18-9-10-19-13-14-27(25(22(19)16-18)20-6-3-2-4-7-20)24(29)12-11-23(28)26-17-21-8-5-15-30-21/h2-10,15-16,25H,11-14,17H2,1H3,(H,26,28). The molecule has 30 heavy (non-hydrogen) atoms. The van der Waals surface area contributed by atoms with Gasteiger partial charge < -0.3 is 14.6 Å². The minimum absolute atomic E-state index is 0.00385. The monoisotopic (exact) mass is 402 g/mol. The van der Waals surface area contributed by atoms with Gasteiger partial charge in [0.1, 0.15) is 5.76 Å². The molecule has 5 heteroatoms. The van der Waals surface area contributed by atoms with Crippen molar-refractivity contribution in [2.45, 2.75) is 38.8 Å². The van der Waals surface area contributed by atoms with E-state index < -0.39 is 0 Å². The molecule has 0 saturated carbocycles. The van der Waals surface area contributed by atoms with Crippen LogP contribution in [0.4, 0.5) is 0 Å². The fraction of sp³-hybridized carbons (Fsp3) is 0.280. The molecule has 2 heterocycles. The number of carbonyl (C=O) groups excluding carboxylic acids is 2. The third-order valence-electron chi connectivity index (χ3n) is 5.57. The van der Waals surface area contributed by atoms with Crippen LogP contribution in [0.25, 0.3) is 0 Å². The third kappa shape index (κ3) is 4.46. The summed E-state index contributed by atoms with van der Waals surface area (Å²) in [5, 5.41) is 2.81. The molecule has 5 nitrogen and oxygen atoms in total. The summed E-state index contributed by atoms with van der Waals surface area (Å²) >= 11 is 0. The average molecular weight is 402 g/mol. The molecular weight excluding hydrogens is 376 g/mol. The molecule has 4 rings (SSSR count). The van der Waals surface area contributed by atoms with Crippen LogP contribution in [0.3, 0.4) is 0 Å². The molecule has 0 spiro atoms. The Morgan fingerprint density at radius 1 is 1.07 bits per heavy atom. The number of rotatable bonds is 6. The van der Waals surface area contributed by atoms with Crippen molar-refractivity contribution in [3.05, 3.63) is 94.9 Å². The lowest BCUT2D eigenvalue weighted by atomic mass is 9.87. The van der Waals surface area contributed by atoms with Gasteiger partial charge in [-0.25, -0.2) is 0 Å². The Labute approximate surface area is 176 Å². The zero-order valence-electron chi connectivity index (χ0n) is 17.1. The number of aryl methyl sites for hydroxylation is 1. The van der Waals surface area contributed by atoms with E-state index in [1.165, 1.54) is 16.7 Å². The van der Waals surface area contributed by atoms with E-state index >= 15 is 0 Å². The Morgan fingerprint density at radius 2 is 1.90 bits per heavy atom. The minimum Gasteiger partial charge on any atom is -0.467 e. The summed E-state index contributed by atoms with van der Waals surface area (Å²) in [6, 6.07) is 20.1. The van der Waals surface area contributed by atoms with Gasteiger partial charge in [-0.15, -0.1) is 0 Å². The second kappa shape index (κ2) is 8.99. The van der Waals surface area contributed by atoms with Gasteiger partial charge in [-0.05, 0) is 42.2 Å². The SMILES string of the molecule is Cc1ccc2c(c1)C(c1ccccc1)N(C(=O)CCC(=O)NCc1ccco1)CC2. The molecule has 154 valence electrons. The van der Waals surface area contributed by atoms with Gasteiger partial charge in [0, 0.05) is 19.4 Å². The van der Waals surface area contributed by atoms with Gasteiger partial charge in [-0.3, -0.25) is 9.59 Å². The molecule has 1 atom stereocenters. The largest absolute Gasteiger partial charge is 0.467 e. The number of benzene rings is 2. The number of nitrogens with one attached hydrogen (secondary N) is 1. The highest BCUT2D eigenvalue weighted by Crippen LogP contribution is 2.36. The molecule has 1 aliphatic heterocycles. The molecule has 0 saturated heterocycles. The highest BCUT2D eigenvalue weighted by Gasteiger charge is 2.31. The fourth-order valence-electron chi connectivity index (χ4n) is 4.05. The summed E-state index contributed by atoms with van der Waals surface area (Å²) in [7, 11) is 0. The molecule has 0 bridgehead atoms. The van der Waals surface area contributed by atoms with Crippen LogP contribution < -0.4 is 5.32 Å². The summed E-state index contributed by atoms with van der Waals surface area (Å²) in [6.45, 7) is 3.07. The maximum absolute atomic E-state index is 13.1. The van der Waals surface area contributed by atoms with Gasteiger partial charge in [0.2, 0.25) is 11.8 Å². The van der Waals surface area contributed by atoms with E-state index in [0.29, 0.717) is 18.8 Å². The van der Waals surface area contributed by atoms with Crippen LogP contribution in [-0.2, 0) is 22.6 Å². The molecule has 0 fully saturated rings. The van der Waals surface area contributed by atoms with Crippen LogP contribution in [0.1, 0.15) is 46.9 Å². The molecule has 2 aromatic carbocycles. The van der Waals surface area contributed by atoms with Gasteiger partial charge >= 0.3 is 0 Å². The fourth-order valence-corrected chi connectivity index (χ4v) is 4.05. The van der Waals surface area contributed by atoms with E-state index in [-0.39, 0.29) is 30.7 Å².